The van der Waals surface area contributed by atoms with Gasteiger partial charge >= 0.3 is 11.8 Å². The summed E-state index contributed by atoms with van der Waals surface area (Å²) in [6.45, 7) is 2.18. The second-order valence-electron chi connectivity index (χ2n) is 5.59. The number of rotatable bonds is 3. The fourth-order valence-corrected chi connectivity index (χ4v) is 2.65. The zero-order valence-corrected chi connectivity index (χ0v) is 11.9. The molecule has 1 aromatic rings. The summed E-state index contributed by atoms with van der Waals surface area (Å²) in [6.07, 6.45) is 1.11. The molecule has 21 heavy (non-hydrogen) atoms. The molecule has 1 atom stereocenters. The van der Waals surface area contributed by atoms with Crippen molar-refractivity contribution in [2.45, 2.75) is 19.8 Å². The summed E-state index contributed by atoms with van der Waals surface area (Å²) in [4.78, 5) is 35.5. The molecule has 8 nitrogen and oxygen atoms in total. The maximum Gasteiger partial charge on any atom is 0.323 e. The van der Waals surface area contributed by atoms with E-state index in [9.17, 15) is 24.8 Å². The third kappa shape index (κ3) is 2.61. The Morgan fingerprint density at radius 2 is 2.10 bits per heavy atom. The van der Waals surface area contributed by atoms with Crippen molar-refractivity contribution in [3.63, 3.8) is 0 Å². The van der Waals surface area contributed by atoms with Crippen LogP contribution in [0.4, 0.5) is 5.82 Å². The molecule has 1 aromatic heterocycles. The van der Waals surface area contributed by atoms with Crippen molar-refractivity contribution in [1.29, 1.82) is 0 Å². The summed E-state index contributed by atoms with van der Waals surface area (Å²) >= 11 is 0. The van der Waals surface area contributed by atoms with E-state index in [1.807, 2.05) is 0 Å². The van der Waals surface area contributed by atoms with E-state index < -0.39 is 16.3 Å². The molecule has 1 N–H and O–H groups in total. The molecule has 1 amide bonds. The van der Waals surface area contributed by atoms with Gasteiger partial charge in [0.05, 0.1) is 12.5 Å². The molecule has 1 fully saturated rings. The standard InChI is InChI=1S/C13H17N3O5/c1-13(12(18)19)6-3-7-15(8-13)11(17)9-4-5-10(14(9)2)16(20)21/h4-5H,3,6-8H2,1-2H3,(H,18,19). The Labute approximate surface area is 121 Å². The van der Waals surface area contributed by atoms with Gasteiger partial charge in [-0.1, -0.05) is 0 Å². The number of carboxylic acids is 1. The van der Waals surface area contributed by atoms with Crippen LogP contribution in [0.25, 0.3) is 0 Å². The number of carbonyl (C=O) groups excluding carboxylic acids is 1. The van der Waals surface area contributed by atoms with Gasteiger partial charge in [-0.05, 0) is 30.8 Å². The average Bonchev–Trinajstić information content (AvgIpc) is 2.79. The Morgan fingerprint density at radius 3 is 2.62 bits per heavy atom. The molecule has 1 unspecified atom stereocenters. The quantitative estimate of drug-likeness (QED) is 0.667. The predicted molar refractivity (Wildman–Crippen MR) is 72.9 cm³/mol. The van der Waals surface area contributed by atoms with Crippen molar-refractivity contribution in [1.82, 2.24) is 9.47 Å². The topological polar surface area (TPSA) is 106 Å². The molecule has 0 saturated carbocycles. The highest BCUT2D eigenvalue weighted by Crippen LogP contribution is 2.30. The predicted octanol–water partition coefficient (Wildman–Crippen LogP) is 1.26. The van der Waals surface area contributed by atoms with E-state index in [4.69, 9.17) is 0 Å². The summed E-state index contributed by atoms with van der Waals surface area (Å²) < 4.78 is 1.22. The molecule has 1 aliphatic rings. The molecule has 2 rings (SSSR count). The van der Waals surface area contributed by atoms with Crippen LogP contribution in [-0.4, -0.2) is 44.5 Å². The van der Waals surface area contributed by atoms with Crippen LogP contribution < -0.4 is 0 Å². The van der Waals surface area contributed by atoms with Crippen LogP contribution in [0.3, 0.4) is 0 Å². The second-order valence-corrected chi connectivity index (χ2v) is 5.59. The third-order valence-corrected chi connectivity index (χ3v) is 4.00. The number of carboxylic acid groups (broad SMARTS) is 1. The van der Waals surface area contributed by atoms with Gasteiger partial charge in [0, 0.05) is 19.2 Å². The number of aromatic nitrogens is 1. The Balaban J connectivity index is 2.24. The highest BCUT2D eigenvalue weighted by molar-refractivity contribution is 5.94. The van der Waals surface area contributed by atoms with E-state index >= 15 is 0 Å². The molecule has 0 aromatic carbocycles. The molecule has 0 bridgehead atoms. The molecule has 2 heterocycles. The highest BCUT2D eigenvalue weighted by atomic mass is 16.6. The lowest BCUT2D eigenvalue weighted by Crippen LogP contribution is -2.48. The van der Waals surface area contributed by atoms with Crippen LogP contribution in [0, 0.1) is 15.5 Å². The maximum atomic E-state index is 12.5. The lowest BCUT2D eigenvalue weighted by atomic mass is 9.82. The first kappa shape index (κ1) is 15.0. The molecule has 114 valence electrons. The van der Waals surface area contributed by atoms with Crippen molar-refractivity contribution in [3.05, 3.63) is 27.9 Å². The zero-order chi connectivity index (χ0) is 15.8. The molecular formula is C13H17N3O5. The SMILES string of the molecule is Cn1c(C(=O)N2CCCC(C)(C(=O)O)C2)ccc1[N+](=O)[O-]. The van der Waals surface area contributed by atoms with Crippen LogP contribution >= 0.6 is 0 Å². The van der Waals surface area contributed by atoms with E-state index in [0.717, 1.165) is 0 Å². The molecule has 0 spiro atoms. The molecule has 8 heteroatoms. The van der Waals surface area contributed by atoms with Crippen LogP contribution in [-0.2, 0) is 11.8 Å². The Bertz CT molecular complexity index is 609. The van der Waals surface area contributed by atoms with Gasteiger partial charge in [0.1, 0.15) is 0 Å². The minimum Gasteiger partial charge on any atom is -0.481 e. The van der Waals surface area contributed by atoms with E-state index in [1.54, 1.807) is 6.92 Å². The minimum atomic E-state index is -0.967. The van der Waals surface area contributed by atoms with Crippen molar-refractivity contribution in [2.24, 2.45) is 12.5 Å². The number of hydrogen-bond donors (Lipinski definition) is 1. The van der Waals surface area contributed by atoms with Crippen LogP contribution in [0.2, 0.25) is 0 Å². The van der Waals surface area contributed by atoms with Crippen LogP contribution in [0.5, 0.6) is 0 Å². The zero-order valence-electron chi connectivity index (χ0n) is 11.9. The average molecular weight is 295 g/mol. The van der Waals surface area contributed by atoms with Crippen molar-refractivity contribution in [2.75, 3.05) is 13.1 Å². The summed E-state index contributed by atoms with van der Waals surface area (Å²) in [7, 11) is 1.45. The fourth-order valence-electron chi connectivity index (χ4n) is 2.65. The van der Waals surface area contributed by atoms with Crippen LogP contribution in [0.15, 0.2) is 12.1 Å². The molecular weight excluding hydrogens is 278 g/mol. The van der Waals surface area contributed by atoms with Gasteiger partial charge < -0.3 is 20.1 Å². The monoisotopic (exact) mass is 295 g/mol. The third-order valence-electron chi connectivity index (χ3n) is 4.00. The summed E-state index contributed by atoms with van der Waals surface area (Å²) in [6, 6.07) is 2.67. The molecule has 1 aliphatic heterocycles. The number of amides is 1. The van der Waals surface area contributed by atoms with Gasteiger partial charge in [-0.2, -0.15) is 0 Å². The lowest BCUT2D eigenvalue weighted by Gasteiger charge is -2.37. The number of carbonyl (C=O) groups is 2. The lowest BCUT2D eigenvalue weighted by molar-refractivity contribution is -0.391. The number of piperidine rings is 1. The number of nitro groups is 1. The highest BCUT2D eigenvalue weighted by Gasteiger charge is 2.40. The second kappa shape index (κ2) is 5.19. The van der Waals surface area contributed by atoms with Gasteiger partial charge in [0.15, 0.2) is 5.69 Å². The van der Waals surface area contributed by atoms with Gasteiger partial charge in [0.2, 0.25) is 0 Å². The van der Waals surface area contributed by atoms with Crippen LogP contribution in [0.1, 0.15) is 30.3 Å². The first-order valence-electron chi connectivity index (χ1n) is 6.59. The normalized spacial score (nSPS) is 22.1. The van der Waals surface area contributed by atoms with E-state index in [0.29, 0.717) is 19.4 Å². The van der Waals surface area contributed by atoms with Gasteiger partial charge in [-0.3, -0.25) is 9.59 Å². The summed E-state index contributed by atoms with van der Waals surface area (Å²) in [5.41, 5.74) is -0.776. The Morgan fingerprint density at radius 1 is 1.43 bits per heavy atom. The van der Waals surface area contributed by atoms with E-state index in [-0.39, 0.29) is 24.0 Å². The largest absolute Gasteiger partial charge is 0.481 e. The van der Waals surface area contributed by atoms with Crippen molar-refractivity contribution < 1.29 is 19.6 Å². The molecule has 0 radical (unpaired) electrons. The van der Waals surface area contributed by atoms with Crippen molar-refractivity contribution in [3.8, 4) is 0 Å². The Kier molecular flexibility index (Phi) is 3.71. The summed E-state index contributed by atoms with van der Waals surface area (Å²) in [5, 5.41) is 20.1. The van der Waals surface area contributed by atoms with Gasteiger partial charge in [0.25, 0.3) is 5.91 Å². The summed E-state index contributed by atoms with van der Waals surface area (Å²) in [5.74, 6) is -1.48. The minimum absolute atomic E-state index is 0.111. The first-order valence-corrected chi connectivity index (χ1v) is 6.59. The van der Waals surface area contributed by atoms with E-state index in [1.165, 1.54) is 28.6 Å². The number of aliphatic carboxylic acids is 1. The fraction of sp³-hybridized carbons (Fsp3) is 0.538. The maximum absolute atomic E-state index is 12.5. The van der Waals surface area contributed by atoms with Gasteiger partial charge in [-0.25, -0.2) is 4.57 Å². The van der Waals surface area contributed by atoms with E-state index in [2.05, 4.69) is 0 Å². The van der Waals surface area contributed by atoms with Gasteiger partial charge in [-0.15, -0.1) is 0 Å². The molecule has 1 saturated heterocycles. The number of nitrogens with zero attached hydrogens (tertiary/aromatic N) is 3. The van der Waals surface area contributed by atoms with Crippen molar-refractivity contribution >= 4 is 17.7 Å². The Hall–Kier alpha value is -2.38. The smallest absolute Gasteiger partial charge is 0.323 e. The first-order chi connectivity index (χ1) is 9.76. The molecule has 0 aliphatic carbocycles. The number of likely N-dealkylation sites (tertiary alicyclic amines) is 1. The number of hydrogen-bond acceptors (Lipinski definition) is 4.